The number of likely N-dealkylation sites (tertiary alicyclic amines) is 1. The molecule has 20 heavy (non-hydrogen) atoms. The van der Waals surface area contributed by atoms with E-state index in [1.807, 2.05) is 4.90 Å². The summed E-state index contributed by atoms with van der Waals surface area (Å²) in [5.74, 6) is -1.15. The Hall–Kier alpha value is -1.82. The van der Waals surface area contributed by atoms with Crippen LogP contribution in [0.25, 0.3) is 0 Å². The number of hydrogen-bond acceptors (Lipinski definition) is 4. The van der Waals surface area contributed by atoms with E-state index in [-0.39, 0.29) is 11.9 Å². The normalized spacial score (nSPS) is 18.6. The number of carbonyl (C=O) groups excluding carboxylic acids is 1. The van der Waals surface area contributed by atoms with Crippen LogP contribution in [-0.4, -0.2) is 46.6 Å². The van der Waals surface area contributed by atoms with Gasteiger partial charge in [-0.2, -0.15) is 0 Å². The van der Waals surface area contributed by atoms with E-state index in [9.17, 15) is 14.7 Å². The lowest BCUT2D eigenvalue weighted by atomic mass is 9.95. The van der Waals surface area contributed by atoms with Gasteiger partial charge in [0.1, 0.15) is 6.04 Å². The van der Waals surface area contributed by atoms with Crippen molar-refractivity contribution in [1.82, 2.24) is 9.88 Å². The highest BCUT2D eigenvalue weighted by Gasteiger charge is 2.33. The summed E-state index contributed by atoms with van der Waals surface area (Å²) < 4.78 is 5.02. The fourth-order valence-electron chi connectivity index (χ4n) is 2.65. The number of aliphatic carboxylic acids is 1. The molecule has 1 aromatic rings. The standard InChI is InChI=1S/C14H20N2O4/c1-2-20-14(19)10-5-8-16(9-6-10)12(13(17)18)11-4-3-7-15-11/h3-4,7,10,12,15H,2,5-6,8-9H2,1H3,(H,17,18). The first-order valence-electron chi connectivity index (χ1n) is 6.90. The van der Waals surface area contributed by atoms with Crippen LogP contribution < -0.4 is 0 Å². The van der Waals surface area contributed by atoms with Crippen LogP contribution in [0.3, 0.4) is 0 Å². The molecule has 1 aliphatic rings. The molecule has 1 aromatic heterocycles. The minimum Gasteiger partial charge on any atom is -0.480 e. The smallest absolute Gasteiger partial charge is 0.327 e. The lowest BCUT2D eigenvalue weighted by Crippen LogP contribution is -2.42. The second-order valence-electron chi connectivity index (χ2n) is 4.93. The molecule has 2 heterocycles. The number of carboxylic acids is 1. The molecule has 110 valence electrons. The van der Waals surface area contributed by atoms with E-state index in [0.717, 1.165) is 0 Å². The predicted octanol–water partition coefficient (Wildman–Crippen LogP) is 1.42. The van der Waals surface area contributed by atoms with Crippen LogP contribution in [0, 0.1) is 5.92 Å². The van der Waals surface area contributed by atoms with Crippen LogP contribution in [0.5, 0.6) is 0 Å². The van der Waals surface area contributed by atoms with Gasteiger partial charge in [-0.05, 0) is 31.9 Å². The molecule has 0 bridgehead atoms. The van der Waals surface area contributed by atoms with Crippen molar-refractivity contribution in [2.45, 2.75) is 25.8 Å². The third-order valence-corrected chi connectivity index (χ3v) is 3.67. The van der Waals surface area contributed by atoms with Gasteiger partial charge >= 0.3 is 11.9 Å². The lowest BCUT2D eigenvalue weighted by Gasteiger charge is -2.34. The van der Waals surface area contributed by atoms with Crippen LogP contribution in [0.2, 0.25) is 0 Å². The number of H-pyrrole nitrogens is 1. The van der Waals surface area contributed by atoms with Gasteiger partial charge in [-0.25, -0.2) is 0 Å². The molecule has 0 aromatic carbocycles. The summed E-state index contributed by atoms with van der Waals surface area (Å²) in [6.45, 7) is 3.34. The van der Waals surface area contributed by atoms with Gasteiger partial charge in [-0.1, -0.05) is 0 Å². The SMILES string of the molecule is CCOC(=O)C1CCN(C(C(=O)O)c2ccc[nH]2)CC1. The Balaban J connectivity index is 1.98. The zero-order valence-electron chi connectivity index (χ0n) is 11.5. The van der Waals surface area contributed by atoms with Gasteiger partial charge in [-0.15, -0.1) is 0 Å². The monoisotopic (exact) mass is 280 g/mol. The molecule has 1 fully saturated rings. The van der Waals surface area contributed by atoms with E-state index in [0.29, 0.717) is 38.2 Å². The number of hydrogen-bond donors (Lipinski definition) is 2. The molecular formula is C14H20N2O4. The van der Waals surface area contributed by atoms with Gasteiger partial charge in [0.05, 0.1) is 12.5 Å². The molecule has 0 aliphatic carbocycles. The number of nitrogens with zero attached hydrogens (tertiary/aromatic N) is 1. The molecule has 0 saturated carbocycles. The summed E-state index contributed by atoms with van der Waals surface area (Å²) >= 11 is 0. The molecule has 6 nitrogen and oxygen atoms in total. The fourth-order valence-corrected chi connectivity index (χ4v) is 2.65. The Morgan fingerprint density at radius 1 is 1.50 bits per heavy atom. The van der Waals surface area contributed by atoms with Crippen molar-refractivity contribution < 1.29 is 19.4 Å². The molecule has 1 unspecified atom stereocenters. The molecule has 6 heteroatoms. The Morgan fingerprint density at radius 3 is 2.70 bits per heavy atom. The van der Waals surface area contributed by atoms with Gasteiger partial charge in [0.2, 0.25) is 0 Å². The average molecular weight is 280 g/mol. The first-order valence-corrected chi connectivity index (χ1v) is 6.90. The molecule has 2 N–H and O–H groups in total. The molecule has 0 spiro atoms. The maximum Gasteiger partial charge on any atom is 0.327 e. The minimum atomic E-state index is -0.873. The Morgan fingerprint density at radius 2 is 2.20 bits per heavy atom. The summed E-state index contributed by atoms with van der Waals surface area (Å²) in [4.78, 5) is 28.0. The van der Waals surface area contributed by atoms with E-state index in [2.05, 4.69) is 4.98 Å². The second kappa shape index (κ2) is 6.56. The maximum atomic E-state index is 11.7. The number of nitrogens with one attached hydrogen (secondary N) is 1. The van der Waals surface area contributed by atoms with Crippen molar-refractivity contribution in [3.8, 4) is 0 Å². The van der Waals surface area contributed by atoms with Crippen LogP contribution in [-0.2, 0) is 14.3 Å². The van der Waals surface area contributed by atoms with E-state index in [1.54, 1.807) is 25.3 Å². The van der Waals surface area contributed by atoms with Crippen LogP contribution in [0.4, 0.5) is 0 Å². The van der Waals surface area contributed by atoms with Crippen molar-refractivity contribution >= 4 is 11.9 Å². The van der Waals surface area contributed by atoms with Gasteiger partial charge in [0.25, 0.3) is 0 Å². The van der Waals surface area contributed by atoms with Crippen molar-refractivity contribution in [3.05, 3.63) is 24.0 Å². The number of esters is 1. The van der Waals surface area contributed by atoms with Gasteiger partial charge < -0.3 is 14.8 Å². The summed E-state index contributed by atoms with van der Waals surface area (Å²) in [6.07, 6.45) is 3.00. The molecule has 2 rings (SSSR count). The highest BCUT2D eigenvalue weighted by molar-refractivity contribution is 5.75. The van der Waals surface area contributed by atoms with Gasteiger partial charge in [-0.3, -0.25) is 14.5 Å². The first kappa shape index (κ1) is 14.6. The summed E-state index contributed by atoms with van der Waals surface area (Å²) in [5.41, 5.74) is 0.673. The summed E-state index contributed by atoms with van der Waals surface area (Å²) in [6, 6.07) is 2.89. The highest BCUT2D eigenvalue weighted by atomic mass is 16.5. The number of piperidine rings is 1. The van der Waals surface area contributed by atoms with Crippen LogP contribution in [0.15, 0.2) is 18.3 Å². The molecular weight excluding hydrogens is 260 g/mol. The zero-order chi connectivity index (χ0) is 14.5. The van der Waals surface area contributed by atoms with Crippen molar-refractivity contribution in [2.75, 3.05) is 19.7 Å². The maximum absolute atomic E-state index is 11.7. The van der Waals surface area contributed by atoms with Crippen LogP contribution >= 0.6 is 0 Å². The van der Waals surface area contributed by atoms with Gasteiger partial charge in [0.15, 0.2) is 0 Å². The summed E-state index contributed by atoms with van der Waals surface area (Å²) in [5, 5.41) is 9.40. The zero-order valence-corrected chi connectivity index (χ0v) is 11.5. The largest absolute Gasteiger partial charge is 0.480 e. The Bertz CT molecular complexity index is 450. The molecule has 1 atom stereocenters. The molecule has 0 amide bonds. The number of aromatic nitrogens is 1. The van der Waals surface area contributed by atoms with E-state index < -0.39 is 12.0 Å². The van der Waals surface area contributed by atoms with E-state index >= 15 is 0 Å². The average Bonchev–Trinajstić information content (AvgIpc) is 2.93. The highest BCUT2D eigenvalue weighted by Crippen LogP contribution is 2.27. The number of rotatable bonds is 5. The third kappa shape index (κ3) is 3.19. The molecule has 1 aliphatic heterocycles. The quantitative estimate of drug-likeness (QED) is 0.797. The number of carbonyl (C=O) groups is 2. The predicted molar refractivity (Wildman–Crippen MR) is 72.1 cm³/mol. The lowest BCUT2D eigenvalue weighted by molar-refractivity contribution is -0.150. The van der Waals surface area contributed by atoms with Gasteiger partial charge in [0, 0.05) is 25.0 Å². The fraction of sp³-hybridized carbons (Fsp3) is 0.571. The Labute approximate surface area is 117 Å². The number of aromatic amines is 1. The molecule has 1 saturated heterocycles. The Kier molecular flexibility index (Phi) is 4.79. The van der Waals surface area contributed by atoms with Crippen molar-refractivity contribution in [2.24, 2.45) is 5.92 Å². The van der Waals surface area contributed by atoms with E-state index in [1.165, 1.54) is 0 Å². The number of ether oxygens (including phenoxy) is 1. The minimum absolute atomic E-state index is 0.107. The number of carboxylic acid groups (broad SMARTS) is 1. The van der Waals surface area contributed by atoms with Crippen LogP contribution in [0.1, 0.15) is 31.5 Å². The molecule has 0 radical (unpaired) electrons. The summed E-state index contributed by atoms with van der Waals surface area (Å²) in [7, 11) is 0. The van der Waals surface area contributed by atoms with Crippen molar-refractivity contribution in [3.63, 3.8) is 0 Å². The third-order valence-electron chi connectivity index (χ3n) is 3.67. The first-order chi connectivity index (χ1) is 9.63. The second-order valence-corrected chi connectivity index (χ2v) is 4.93. The van der Waals surface area contributed by atoms with Crippen molar-refractivity contribution in [1.29, 1.82) is 0 Å². The van der Waals surface area contributed by atoms with E-state index in [4.69, 9.17) is 4.74 Å². The topological polar surface area (TPSA) is 82.6 Å².